The molecular formula is C16H17N5O2. The van der Waals surface area contributed by atoms with E-state index in [0.29, 0.717) is 0 Å². The summed E-state index contributed by atoms with van der Waals surface area (Å²) in [5.41, 5.74) is 3.61. The molecule has 7 nitrogen and oxygen atoms in total. The van der Waals surface area contributed by atoms with Crippen molar-refractivity contribution < 1.29 is 9.90 Å². The first-order valence-electron chi connectivity index (χ1n) is 7.12. The lowest BCUT2D eigenvalue weighted by atomic mass is 10.1. The molecule has 2 aromatic heterocycles. The SMILES string of the molecule is CN(C)c1cn2nccc2c(-c2ccc(CNC(=O)O)cc2)n1. The third-order valence-electron chi connectivity index (χ3n) is 3.51. The summed E-state index contributed by atoms with van der Waals surface area (Å²) in [6, 6.07) is 9.58. The summed E-state index contributed by atoms with van der Waals surface area (Å²) in [6.45, 7) is 0.281. The molecule has 118 valence electrons. The van der Waals surface area contributed by atoms with Gasteiger partial charge in [-0.25, -0.2) is 14.3 Å². The van der Waals surface area contributed by atoms with Gasteiger partial charge in [0.2, 0.25) is 0 Å². The molecule has 1 aromatic carbocycles. The van der Waals surface area contributed by atoms with Gasteiger partial charge < -0.3 is 15.3 Å². The number of nitrogens with zero attached hydrogens (tertiary/aromatic N) is 4. The summed E-state index contributed by atoms with van der Waals surface area (Å²) in [7, 11) is 3.87. The summed E-state index contributed by atoms with van der Waals surface area (Å²) in [6.07, 6.45) is 2.59. The lowest BCUT2D eigenvalue weighted by Crippen LogP contribution is -2.19. The number of nitrogens with one attached hydrogen (secondary N) is 1. The maximum absolute atomic E-state index is 10.5. The Balaban J connectivity index is 1.99. The topological polar surface area (TPSA) is 82.8 Å². The molecule has 0 atom stereocenters. The normalized spacial score (nSPS) is 10.7. The van der Waals surface area contributed by atoms with E-state index in [1.54, 1.807) is 10.7 Å². The van der Waals surface area contributed by atoms with Gasteiger partial charge in [0.1, 0.15) is 5.82 Å². The molecule has 2 N–H and O–H groups in total. The van der Waals surface area contributed by atoms with Crippen LogP contribution in [0.25, 0.3) is 16.8 Å². The highest BCUT2D eigenvalue weighted by Crippen LogP contribution is 2.25. The Hall–Kier alpha value is -3.09. The van der Waals surface area contributed by atoms with Crippen molar-refractivity contribution in [3.63, 3.8) is 0 Å². The molecule has 0 spiro atoms. The van der Waals surface area contributed by atoms with Crippen molar-refractivity contribution >= 4 is 17.4 Å². The molecule has 0 saturated carbocycles. The number of rotatable bonds is 4. The fraction of sp³-hybridized carbons (Fsp3) is 0.188. The predicted octanol–water partition coefficient (Wildman–Crippen LogP) is 2.23. The largest absolute Gasteiger partial charge is 0.465 e. The number of amides is 1. The molecule has 3 aromatic rings. The molecule has 7 heteroatoms. The number of aromatic nitrogens is 3. The van der Waals surface area contributed by atoms with Gasteiger partial charge in [-0.2, -0.15) is 5.10 Å². The highest BCUT2D eigenvalue weighted by Gasteiger charge is 2.10. The van der Waals surface area contributed by atoms with Crippen molar-refractivity contribution in [1.82, 2.24) is 19.9 Å². The van der Waals surface area contributed by atoms with E-state index < -0.39 is 6.09 Å². The average Bonchev–Trinajstić information content (AvgIpc) is 3.01. The molecule has 2 heterocycles. The van der Waals surface area contributed by atoms with Crippen LogP contribution in [0.15, 0.2) is 42.7 Å². The van der Waals surface area contributed by atoms with Crippen LogP contribution in [0, 0.1) is 0 Å². The van der Waals surface area contributed by atoms with Crippen LogP contribution in [0.5, 0.6) is 0 Å². The Bertz CT molecular complexity index is 839. The Labute approximate surface area is 133 Å². The van der Waals surface area contributed by atoms with Crippen molar-refractivity contribution in [3.05, 3.63) is 48.3 Å². The molecule has 3 rings (SSSR count). The van der Waals surface area contributed by atoms with Gasteiger partial charge in [0.25, 0.3) is 0 Å². The second-order valence-electron chi connectivity index (χ2n) is 5.36. The van der Waals surface area contributed by atoms with Gasteiger partial charge in [-0.05, 0) is 11.6 Å². The maximum Gasteiger partial charge on any atom is 0.404 e. The molecule has 0 aliphatic carbocycles. The number of benzene rings is 1. The highest BCUT2D eigenvalue weighted by molar-refractivity contribution is 5.78. The van der Waals surface area contributed by atoms with Crippen molar-refractivity contribution in [2.75, 3.05) is 19.0 Å². The number of carbonyl (C=O) groups is 1. The van der Waals surface area contributed by atoms with Crippen LogP contribution in [0.1, 0.15) is 5.56 Å². The van der Waals surface area contributed by atoms with Crippen molar-refractivity contribution in [2.24, 2.45) is 0 Å². The number of hydrogen-bond acceptors (Lipinski definition) is 4. The summed E-state index contributed by atoms with van der Waals surface area (Å²) in [5.74, 6) is 0.813. The maximum atomic E-state index is 10.5. The van der Waals surface area contributed by atoms with Crippen LogP contribution < -0.4 is 10.2 Å². The zero-order valence-electron chi connectivity index (χ0n) is 12.9. The van der Waals surface area contributed by atoms with Crippen LogP contribution in [0.4, 0.5) is 10.6 Å². The zero-order chi connectivity index (χ0) is 16.4. The molecular weight excluding hydrogens is 294 g/mol. The second kappa shape index (κ2) is 5.96. The van der Waals surface area contributed by atoms with Gasteiger partial charge >= 0.3 is 6.09 Å². The van der Waals surface area contributed by atoms with E-state index in [0.717, 1.165) is 28.2 Å². The fourth-order valence-corrected chi connectivity index (χ4v) is 2.30. The van der Waals surface area contributed by atoms with Crippen molar-refractivity contribution in [2.45, 2.75) is 6.54 Å². The molecule has 0 saturated heterocycles. The van der Waals surface area contributed by atoms with E-state index in [1.807, 2.05) is 55.5 Å². The Morgan fingerprint density at radius 1 is 1.26 bits per heavy atom. The zero-order valence-corrected chi connectivity index (χ0v) is 12.9. The van der Waals surface area contributed by atoms with Crippen LogP contribution in [0.2, 0.25) is 0 Å². The summed E-state index contributed by atoms with van der Waals surface area (Å²) >= 11 is 0. The van der Waals surface area contributed by atoms with Gasteiger partial charge in [-0.15, -0.1) is 0 Å². The molecule has 1 amide bonds. The average molecular weight is 311 g/mol. The monoisotopic (exact) mass is 311 g/mol. The standard InChI is InChI=1S/C16H17N5O2/c1-20(2)14-10-21-13(7-8-18-21)15(19-14)12-5-3-11(4-6-12)9-17-16(22)23/h3-8,10,17H,9H2,1-2H3,(H,22,23). The lowest BCUT2D eigenvalue weighted by molar-refractivity contribution is 0.194. The summed E-state index contributed by atoms with van der Waals surface area (Å²) in [4.78, 5) is 17.2. The molecule has 0 bridgehead atoms. The minimum absolute atomic E-state index is 0.281. The van der Waals surface area contributed by atoms with Crippen LogP contribution >= 0.6 is 0 Å². The van der Waals surface area contributed by atoms with Gasteiger partial charge in [-0.1, -0.05) is 24.3 Å². The Morgan fingerprint density at radius 3 is 2.65 bits per heavy atom. The van der Waals surface area contributed by atoms with E-state index in [4.69, 9.17) is 10.1 Å². The third-order valence-corrected chi connectivity index (χ3v) is 3.51. The first kappa shape index (κ1) is 14.8. The molecule has 0 unspecified atom stereocenters. The van der Waals surface area contributed by atoms with Crippen molar-refractivity contribution in [1.29, 1.82) is 0 Å². The molecule has 0 aliphatic rings. The van der Waals surface area contributed by atoms with E-state index in [2.05, 4.69) is 10.4 Å². The van der Waals surface area contributed by atoms with Crippen LogP contribution in [-0.4, -0.2) is 39.9 Å². The van der Waals surface area contributed by atoms with E-state index >= 15 is 0 Å². The van der Waals surface area contributed by atoms with Gasteiger partial charge in [-0.3, -0.25) is 0 Å². The van der Waals surface area contributed by atoms with E-state index in [1.165, 1.54) is 0 Å². The quantitative estimate of drug-likeness (QED) is 0.772. The fourth-order valence-electron chi connectivity index (χ4n) is 2.30. The molecule has 0 aliphatic heterocycles. The van der Waals surface area contributed by atoms with Crippen LogP contribution in [0.3, 0.4) is 0 Å². The summed E-state index contributed by atoms with van der Waals surface area (Å²) < 4.78 is 1.80. The molecule has 0 fully saturated rings. The Kier molecular flexibility index (Phi) is 3.84. The van der Waals surface area contributed by atoms with E-state index in [-0.39, 0.29) is 6.54 Å². The minimum Gasteiger partial charge on any atom is -0.465 e. The first-order valence-corrected chi connectivity index (χ1v) is 7.12. The molecule has 0 radical (unpaired) electrons. The van der Waals surface area contributed by atoms with Crippen LogP contribution in [-0.2, 0) is 6.54 Å². The van der Waals surface area contributed by atoms with Gasteiger partial charge in [0.15, 0.2) is 0 Å². The number of carboxylic acid groups (broad SMARTS) is 1. The second-order valence-corrected chi connectivity index (χ2v) is 5.36. The number of hydrogen-bond donors (Lipinski definition) is 2. The smallest absolute Gasteiger partial charge is 0.404 e. The summed E-state index contributed by atoms with van der Waals surface area (Å²) in [5, 5.41) is 15.3. The first-order chi connectivity index (χ1) is 11.0. The number of fused-ring (bicyclic) bond motifs is 1. The number of anilines is 1. The molecule has 23 heavy (non-hydrogen) atoms. The Morgan fingerprint density at radius 2 is 2.00 bits per heavy atom. The predicted molar refractivity (Wildman–Crippen MR) is 87.6 cm³/mol. The van der Waals surface area contributed by atoms with E-state index in [9.17, 15) is 4.79 Å². The lowest BCUT2D eigenvalue weighted by Gasteiger charge is -2.14. The highest BCUT2D eigenvalue weighted by atomic mass is 16.4. The third kappa shape index (κ3) is 3.08. The van der Waals surface area contributed by atoms with Crippen molar-refractivity contribution in [3.8, 4) is 11.3 Å². The van der Waals surface area contributed by atoms with Gasteiger partial charge in [0.05, 0.1) is 23.6 Å². The minimum atomic E-state index is -1.03. The van der Waals surface area contributed by atoms with Gasteiger partial charge in [0, 0.05) is 26.2 Å².